The number of fused-ring (bicyclic) bond motifs is 1. The molecule has 0 spiro atoms. The lowest BCUT2D eigenvalue weighted by atomic mass is 9.87. The van der Waals surface area contributed by atoms with Crippen LogP contribution in [-0.2, 0) is 16.8 Å². The number of rotatable bonds is 4. The zero-order valence-corrected chi connectivity index (χ0v) is 20.8. The molecule has 1 fully saturated rings. The number of benzene rings is 3. The molecule has 4 nitrogen and oxygen atoms in total. The number of carbonyl (C=O) groups is 1. The zero-order chi connectivity index (χ0) is 24.0. The van der Waals surface area contributed by atoms with Gasteiger partial charge in [0.25, 0.3) is 0 Å². The molecule has 1 saturated heterocycles. The molecule has 0 radical (unpaired) electrons. The number of nitrogens with zero attached hydrogens (tertiary/aromatic N) is 3. The first-order chi connectivity index (χ1) is 16.2. The molecule has 174 valence electrons. The van der Waals surface area contributed by atoms with Crippen molar-refractivity contribution in [2.75, 3.05) is 11.4 Å². The van der Waals surface area contributed by atoms with Gasteiger partial charge < -0.3 is 9.47 Å². The van der Waals surface area contributed by atoms with E-state index in [1.807, 2.05) is 17.0 Å². The van der Waals surface area contributed by atoms with Crippen molar-refractivity contribution in [1.29, 1.82) is 0 Å². The van der Waals surface area contributed by atoms with Gasteiger partial charge in [-0.05, 0) is 59.7 Å². The van der Waals surface area contributed by atoms with Gasteiger partial charge in [-0.25, -0.2) is 4.98 Å². The van der Waals surface area contributed by atoms with Crippen molar-refractivity contribution in [2.45, 2.75) is 58.9 Å². The third-order valence-electron chi connectivity index (χ3n) is 7.20. The Morgan fingerprint density at radius 3 is 2.41 bits per heavy atom. The zero-order valence-electron chi connectivity index (χ0n) is 20.8. The summed E-state index contributed by atoms with van der Waals surface area (Å²) in [5.41, 5.74) is 8.21. The van der Waals surface area contributed by atoms with E-state index in [2.05, 4.69) is 93.8 Å². The van der Waals surface area contributed by atoms with E-state index in [0.29, 0.717) is 13.0 Å². The molecule has 34 heavy (non-hydrogen) atoms. The lowest BCUT2D eigenvalue weighted by Crippen LogP contribution is -2.25. The highest BCUT2D eigenvalue weighted by Crippen LogP contribution is 2.35. The first-order valence-corrected chi connectivity index (χ1v) is 12.1. The summed E-state index contributed by atoms with van der Waals surface area (Å²) in [4.78, 5) is 20.1. The molecule has 5 rings (SSSR count). The molecule has 0 saturated carbocycles. The van der Waals surface area contributed by atoms with E-state index in [-0.39, 0.29) is 17.2 Å². The Morgan fingerprint density at radius 1 is 0.941 bits per heavy atom. The number of aryl methyl sites for hydroxylation is 1. The van der Waals surface area contributed by atoms with E-state index in [9.17, 15) is 4.79 Å². The number of amides is 1. The number of carbonyl (C=O) groups excluding carboxylic acids is 1. The number of anilines is 1. The van der Waals surface area contributed by atoms with E-state index in [1.165, 1.54) is 22.3 Å². The van der Waals surface area contributed by atoms with Gasteiger partial charge in [-0.15, -0.1) is 0 Å². The van der Waals surface area contributed by atoms with Gasteiger partial charge in [0.1, 0.15) is 5.82 Å². The maximum Gasteiger partial charge on any atom is 0.227 e. The number of imidazole rings is 1. The Kier molecular flexibility index (Phi) is 5.55. The van der Waals surface area contributed by atoms with E-state index >= 15 is 0 Å². The highest BCUT2D eigenvalue weighted by atomic mass is 16.2. The smallest absolute Gasteiger partial charge is 0.227 e. The van der Waals surface area contributed by atoms with Crippen molar-refractivity contribution in [1.82, 2.24) is 9.55 Å². The molecule has 0 bridgehead atoms. The summed E-state index contributed by atoms with van der Waals surface area (Å²) in [7, 11) is 0. The van der Waals surface area contributed by atoms with Crippen LogP contribution in [-0.4, -0.2) is 22.0 Å². The topological polar surface area (TPSA) is 38.1 Å². The van der Waals surface area contributed by atoms with E-state index in [1.54, 1.807) is 0 Å². The average molecular weight is 452 g/mol. The monoisotopic (exact) mass is 451 g/mol. The largest absolute Gasteiger partial charge is 0.323 e. The molecule has 4 aromatic rings. The van der Waals surface area contributed by atoms with Crippen LogP contribution in [0.15, 0.2) is 66.7 Å². The van der Waals surface area contributed by atoms with Gasteiger partial charge in [0, 0.05) is 31.1 Å². The van der Waals surface area contributed by atoms with Crippen LogP contribution in [0, 0.1) is 13.8 Å². The quantitative estimate of drug-likeness (QED) is 0.354. The fraction of sp³-hybridized carbons (Fsp3) is 0.333. The Balaban J connectivity index is 1.50. The molecule has 2 heterocycles. The lowest BCUT2D eigenvalue weighted by Gasteiger charge is -2.21. The maximum atomic E-state index is 13.1. The van der Waals surface area contributed by atoms with Crippen molar-refractivity contribution in [3.05, 3.63) is 94.8 Å². The van der Waals surface area contributed by atoms with Crippen LogP contribution in [0.2, 0.25) is 0 Å². The Bertz CT molecular complexity index is 1360. The first-order valence-electron chi connectivity index (χ1n) is 12.1. The molecular weight excluding hydrogens is 418 g/mol. The Morgan fingerprint density at radius 2 is 1.68 bits per heavy atom. The number of aromatic nitrogens is 2. The SMILES string of the molecule is Cc1cccc(N2CC(c3nc4ccccc4n3Cc3ccc(C(C)(C)C)cc3)CC2=O)c1C. The van der Waals surface area contributed by atoms with Crippen molar-refractivity contribution in [3.63, 3.8) is 0 Å². The van der Waals surface area contributed by atoms with Gasteiger partial charge in [-0.3, -0.25) is 4.79 Å². The second kappa shape index (κ2) is 8.43. The number of hydrogen-bond acceptors (Lipinski definition) is 2. The second-order valence-electron chi connectivity index (χ2n) is 10.6. The minimum atomic E-state index is 0.0636. The highest BCUT2D eigenvalue weighted by Gasteiger charge is 2.35. The molecule has 1 unspecified atom stereocenters. The Labute approximate surface area is 202 Å². The van der Waals surface area contributed by atoms with Gasteiger partial charge in [0.2, 0.25) is 5.91 Å². The van der Waals surface area contributed by atoms with Crippen molar-refractivity contribution in [3.8, 4) is 0 Å². The molecule has 1 aliphatic heterocycles. The summed E-state index contributed by atoms with van der Waals surface area (Å²) in [5.74, 6) is 1.24. The van der Waals surface area contributed by atoms with Gasteiger partial charge >= 0.3 is 0 Å². The Hall–Kier alpha value is -3.40. The van der Waals surface area contributed by atoms with Crippen LogP contribution in [0.1, 0.15) is 61.2 Å². The summed E-state index contributed by atoms with van der Waals surface area (Å²) >= 11 is 0. The van der Waals surface area contributed by atoms with Crippen molar-refractivity contribution >= 4 is 22.6 Å². The van der Waals surface area contributed by atoms with Gasteiger partial charge in [0.15, 0.2) is 0 Å². The third-order valence-corrected chi connectivity index (χ3v) is 7.20. The van der Waals surface area contributed by atoms with Crippen LogP contribution in [0.25, 0.3) is 11.0 Å². The van der Waals surface area contributed by atoms with Crippen molar-refractivity contribution in [2.24, 2.45) is 0 Å². The molecule has 1 aromatic heterocycles. The van der Waals surface area contributed by atoms with Gasteiger partial charge in [-0.2, -0.15) is 0 Å². The normalized spacial score (nSPS) is 16.6. The lowest BCUT2D eigenvalue weighted by molar-refractivity contribution is -0.117. The van der Waals surface area contributed by atoms with Gasteiger partial charge in [-0.1, -0.05) is 69.3 Å². The van der Waals surface area contributed by atoms with Crippen LogP contribution >= 0.6 is 0 Å². The number of para-hydroxylation sites is 2. The maximum absolute atomic E-state index is 13.1. The van der Waals surface area contributed by atoms with E-state index in [0.717, 1.165) is 29.1 Å². The first kappa shape index (κ1) is 22.4. The van der Waals surface area contributed by atoms with E-state index < -0.39 is 0 Å². The van der Waals surface area contributed by atoms with Crippen LogP contribution < -0.4 is 4.90 Å². The van der Waals surface area contributed by atoms with Gasteiger partial charge in [0.05, 0.1) is 11.0 Å². The average Bonchev–Trinajstić information content (AvgIpc) is 3.36. The van der Waals surface area contributed by atoms with Crippen LogP contribution in [0.3, 0.4) is 0 Å². The second-order valence-corrected chi connectivity index (χ2v) is 10.6. The molecule has 1 amide bonds. The minimum absolute atomic E-state index is 0.0636. The molecule has 1 atom stereocenters. The standard InChI is InChI=1S/C30H33N3O/c1-20-9-8-12-26(21(20)2)32-19-23(17-28(32)34)29-31-25-10-6-7-11-27(25)33(29)18-22-13-15-24(16-14-22)30(3,4)5/h6-16,23H,17-19H2,1-5H3. The summed E-state index contributed by atoms with van der Waals surface area (Å²) in [5, 5.41) is 0. The minimum Gasteiger partial charge on any atom is -0.323 e. The molecule has 0 aliphatic carbocycles. The summed E-state index contributed by atoms with van der Waals surface area (Å²) in [6.07, 6.45) is 0.486. The molecule has 1 aliphatic rings. The molecule has 0 N–H and O–H groups in total. The third kappa shape index (κ3) is 4.02. The fourth-order valence-corrected chi connectivity index (χ4v) is 5.01. The summed E-state index contributed by atoms with van der Waals surface area (Å²) in [6, 6.07) is 23.4. The number of hydrogen-bond donors (Lipinski definition) is 0. The summed E-state index contributed by atoms with van der Waals surface area (Å²) < 4.78 is 2.31. The summed E-state index contributed by atoms with van der Waals surface area (Å²) in [6.45, 7) is 12.3. The molecule has 4 heteroatoms. The predicted octanol–water partition coefficient (Wildman–Crippen LogP) is 6.52. The van der Waals surface area contributed by atoms with E-state index in [4.69, 9.17) is 4.98 Å². The van der Waals surface area contributed by atoms with Crippen molar-refractivity contribution < 1.29 is 4.79 Å². The highest BCUT2D eigenvalue weighted by molar-refractivity contribution is 5.97. The fourth-order valence-electron chi connectivity index (χ4n) is 5.01. The molecule has 3 aromatic carbocycles. The van der Waals surface area contributed by atoms with Crippen LogP contribution in [0.5, 0.6) is 0 Å². The predicted molar refractivity (Wildman–Crippen MR) is 140 cm³/mol. The molecular formula is C30H33N3O. The van der Waals surface area contributed by atoms with Crippen LogP contribution in [0.4, 0.5) is 5.69 Å².